The minimum Gasteiger partial charge on any atom is -0.484 e. The molecule has 0 atom stereocenters. The molecule has 0 unspecified atom stereocenters. The summed E-state index contributed by atoms with van der Waals surface area (Å²) >= 11 is 0. The Kier molecular flexibility index (Phi) is 9.42. The summed E-state index contributed by atoms with van der Waals surface area (Å²) in [5.41, 5.74) is 6.84. The number of ether oxygens (including phenoxy) is 1. The van der Waals surface area contributed by atoms with Gasteiger partial charge in [-0.3, -0.25) is 9.79 Å². The van der Waals surface area contributed by atoms with Crippen LogP contribution in [0.3, 0.4) is 0 Å². The minimum absolute atomic E-state index is 0. The molecule has 2 aromatic rings. The lowest BCUT2D eigenvalue weighted by Gasteiger charge is -2.13. The maximum absolute atomic E-state index is 13.2. The number of carbonyl (C=O) groups is 1. The van der Waals surface area contributed by atoms with Crippen molar-refractivity contribution in [1.82, 2.24) is 10.6 Å². The van der Waals surface area contributed by atoms with Crippen molar-refractivity contribution in [2.45, 2.75) is 13.1 Å². The van der Waals surface area contributed by atoms with Crippen molar-refractivity contribution in [2.24, 2.45) is 10.7 Å². The number of aliphatic imine (C=N–C) groups is 1. The molecule has 1 amide bonds. The number of guanidine groups is 1. The topological polar surface area (TPSA) is 88.7 Å². The Bertz CT molecular complexity index is 755. The predicted octanol–water partition coefficient (Wildman–Crippen LogP) is 2.17. The number of halogens is 2. The van der Waals surface area contributed by atoms with Gasteiger partial charge in [-0.15, -0.1) is 24.0 Å². The van der Waals surface area contributed by atoms with E-state index in [2.05, 4.69) is 15.6 Å². The molecule has 26 heavy (non-hydrogen) atoms. The van der Waals surface area contributed by atoms with Gasteiger partial charge in [-0.25, -0.2) is 4.39 Å². The molecule has 2 rings (SSSR count). The number of carbonyl (C=O) groups excluding carboxylic acids is 1. The summed E-state index contributed by atoms with van der Waals surface area (Å²) in [7, 11) is 1.66. The molecule has 0 fully saturated rings. The van der Waals surface area contributed by atoms with E-state index in [4.69, 9.17) is 10.5 Å². The van der Waals surface area contributed by atoms with Crippen LogP contribution in [-0.2, 0) is 17.9 Å². The number of nitrogens with one attached hydrogen (secondary N) is 2. The van der Waals surface area contributed by atoms with Gasteiger partial charge in [0, 0.05) is 20.1 Å². The second-order valence-electron chi connectivity index (χ2n) is 5.31. The van der Waals surface area contributed by atoms with Gasteiger partial charge in [-0.2, -0.15) is 0 Å². The van der Waals surface area contributed by atoms with E-state index in [-0.39, 0.29) is 36.4 Å². The van der Waals surface area contributed by atoms with E-state index in [1.165, 1.54) is 12.1 Å². The van der Waals surface area contributed by atoms with Crippen molar-refractivity contribution in [3.63, 3.8) is 0 Å². The summed E-state index contributed by atoms with van der Waals surface area (Å²) < 4.78 is 18.5. The zero-order valence-electron chi connectivity index (χ0n) is 14.4. The number of hydrogen-bond acceptors (Lipinski definition) is 3. The molecule has 0 bridgehead atoms. The first-order chi connectivity index (χ1) is 12.1. The van der Waals surface area contributed by atoms with Crippen LogP contribution in [0.2, 0.25) is 0 Å². The quantitative estimate of drug-likeness (QED) is 0.328. The Hall–Kier alpha value is -2.36. The van der Waals surface area contributed by atoms with E-state index in [9.17, 15) is 9.18 Å². The molecule has 0 aliphatic heterocycles. The molecule has 0 saturated carbocycles. The number of primary amides is 1. The van der Waals surface area contributed by atoms with Crippen LogP contribution >= 0.6 is 24.0 Å². The van der Waals surface area contributed by atoms with Crippen LogP contribution in [0.5, 0.6) is 5.75 Å². The number of amides is 1. The molecule has 0 aliphatic rings. The van der Waals surface area contributed by atoms with Crippen molar-refractivity contribution in [1.29, 1.82) is 0 Å². The van der Waals surface area contributed by atoms with Gasteiger partial charge in [-0.05, 0) is 35.4 Å². The number of benzene rings is 2. The van der Waals surface area contributed by atoms with Gasteiger partial charge in [0.25, 0.3) is 5.91 Å². The molecule has 6 nitrogen and oxygen atoms in total. The largest absolute Gasteiger partial charge is 0.484 e. The zero-order valence-corrected chi connectivity index (χ0v) is 16.7. The predicted molar refractivity (Wildman–Crippen MR) is 110 cm³/mol. The van der Waals surface area contributed by atoms with E-state index in [0.717, 1.165) is 11.1 Å². The monoisotopic (exact) mass is 472 g/mol. The van der Waals surface area contributed by atoms with Crippen molar-refractivity contribution >= 4 is 35.8 Å². The first-order valence-corrected chi connectivity index (χ1v) is 7.76. The van der Waals surface area contributed by atoms with Crippen LogP contribution in [0.4, 0.5) is 4.39 Å². The number of rotatable bonds is 7. The highest BCUT2D eigenvalue weighted by Gasteiger charge is 2.02. The Balaban J connectivity index is 0.00000338. The summed E-state index contributed by atoms with van der Waals surface area (Å²) in [5, 5.41) is 6.28. The second-order valence-corrected chi connectivity index (χ2v) is 5.31. The van der Waals surface area contributed by atoms with E-state index >= 15 is 0 Å². The van der Waals surface area contributed by atoms with E-state index < -0.39 is 5.91 Å². The van der Waals surface area contributed by atoms with Crippen molar-refractivity contribution in [3.8, 4) is 5.75 Å². The Morgan fingerprint density at radius 2 is 1.73 bits per heavy atom. The van der Waals surface area contributed by atoms with Gasteiger partial charge in [0.05, 0.1) is 0 Å². The van der Waals surface area contributed by atoms with Crippen LogP contribution in [0, 0.1) is 5.82 Å². The maximum atomic E-state index is 13.2. The molecular formula is C18H22FIN4O2. The Morgan fingerprint density at radius 1 is 1.12 bits per heavy atom. The van der Waals surface area contributed by atoms with Crippen LogP contribution in [0.15, 0.2) is 53.5 Å². The van der Waals surface area contributed by atoms with Crippen molar-refractivity contribution in [2.75, 3.05) is 13.7 Å². The Morgan fingerprint density at radius 3 is 2.31 bits per heavy atom. The summed E-state index contributed by atoms with van der Waals surface area (Å²) in [5.74, 6) is 0.369. The minimum atomic E-state index is -0.523. The normalized spacial score (nSPS) is 10.6. The molecule has 0 aliphatic carbocycles. The molecule has 0 aromatic heterocycles. The fourth-order valence-electron chi connectivity index (χ4n) is 2.14. The highest BCUT2D eigenvalue weighted by atomic mass is 127. The number of nitrogens with zero attached hydrogens (tertiary/aromatic N) is 1. The Labute approximate surface area is 169 Å². The van der Waals surface area contributed by atoms with Crippen LogP contribution in [0.25, 0.3) is 0 Å². The van der Waals surface area contributed by atoms with Crippen LogP contribution < -0.4 is 21.1 Å². The highest BCUT2D eigenvalue weighted by molar-refractivity contribution is 14.0. The standard InChI is InChI=1S/C18H21FN4O2.HI/c1-21-18(22-10-13-4-2-6-15(19)8-13)23-11-14-5-3-7-16(9-14)25-12-17(20)24;/h2-9H,10-12H2,1H3,(H2,20,24)(H2,21,22,23);1H. The lowest BCUT2D eigenvalue weighted by molar-refractivity contribution is -0.119. The summed E-state index contributed by atoms with van der Waals surface area (Å²) in [4.78, 5) is 14.9. The third kappa shape index (κ3) is 7.68. The third-order valence-electron chi connectivity index (χ3n) is 3.31. The van der Waals surface area contributed by atoms with Crippen LogP contribution in [-0.4, -0.2) is 25.5 Å². The average Bonchev–Trinajstić information content (AvgIpc) is 2.60. The SMILES string of the molecule is CN=C(NCc1cccc(F)c1)NCc1cccc(OCC(N)=O)c1.I. The maximum Gasteiger partial charge on any atom is 0.255 e. The van der Waals surface area contributed by atoms with Gasteiger partial charge in [0.2, 0.25) is 0 Å². The van der Waals surface area contributed by atoms with Gasteiger partial charge in [-0.1, -0.05) is 24.3 Å². The van der Waals surface area contributed by atoms with E-state index in [1.54, 1.807) is 19.2 Å². The van der Waals surface area contributed by atoms with Gasteiger partial charge >= 0.3 is 0 Å². The molecule has 4 N–H and O–H groups in total. The van der Waals surface area contributed by atoms with E-state index in [0.29, 0.717) is 24.8 Å². The van der Waals surface area contributed by atoms with Gasteiger partial charge < -0.3 is 21.1 Å². The van der Waals surface area contributed by atoms with Gasteiger partial charge in [0.15, 0.2) is 12.6 Å². The molecule has 0 radical (unpaired) electrons. The fourth-order valence-corrected chi connectivity index (χ4v) is 2.14. The first kappa shape index (κ1) is 21.7. The van der Waals surface area contributed by atoms with Crippen LogP contribution in [0.1, 0.15) is 11.1 Å². The van der Waals surface area contributed by atoms with E-state index in [1.807, 2.05) is 24.3 Å². The lowest BCUT2D eigenvalue weighted by Crippen LogP contribution is -2.36. The fraction of sp³-hybridized carbons (Fsp3) is 0.222. The molecule has 140 valence electrons. The van der Waals surface area contributed by atoms with Gasteiger partial charge in [0.1, 0.15) is 11.6 Å². The first-order valence-electron chi connectivity index (χ1n) is 7.76. The third-order valence-corrected chi connectivity index (χ3v) is 3.31. The molecule has 0 heterocycles. The highest BCUT2D eigenvalue weighted by Crippen LogP contribution is 2.13. The smallest absolute Gasteiger partial charge is 0.255 e. The molecule has 8 heteroatoms. The molecular weight excluding hydrogens is 450 g/mol. The number of nitrogens with two attached hydrogens (primary N) is 1. The zero-order chi connectivity index (χ0) is 18.1. The van der Waals surface area contributed by atoms with Crippen molar-refractivity contribution in [3.05, 3.63) is 65.5 Å². The summed E-state index contributed by atoms with van der Waals surface area (Å²) in [6.45, 7) is 0.809. The molecule has 0 saturated heterocycles. The average molecular weight is 472 g/mol. The summed E-state index contributed by atoms with van der Waals surface area (Å²) in [6, 6.07) is 13.7. The molecule has 2 aromatic carbocycles. The molecule has 0 spiro atoms. The second kappa shape index (κ2) is 11.3. The lowest BCUT2D eigenvalue weighted by atomic mass is 10.2. The van der Waals surface area contributed by atoms with Crippen molar-refractivity contribution < 1.29 is 13.9 Å². The summed E-state index contributed by atoms with van der Waals surface area (Å²) in [6.07, 6.45) is 0. The number of hydrogen-bond donors (Lipinski definition) is 3.